The Morgan fingerprint density at radius 3 is 1.92 bits per heavy atom. The van der Waals surface area contributed by atoms with Crippen LogP contribution in [0.25, 0.3) is 0 Å². The molecule has 0 saturated heterocycles. The predicted octanol–water partition coefficient (Wildman–Crippen LogP) is 6.07. The second-order valence-corrected chi connectivity index (χ2v) is 5.86. The van der Waals surface area contributed by atoms with Gasteiger partial charge < -0.3 is 0 Å². The predicted molar refractivity (Wildman–Crippen MR) is 106 cm³/mol. The third kappa shape index (κ3) is 2.34. The Balaban J connectivity index is 0.000000487. The van der Waals surface area contributed by atoms with Crippen LogP contribution in [0.15, 0.2) is 66.2 Å². The molecule has 2 aromatic carbocycles. The van der Waals surface area contributed by atoms with Crippen molar-refractivity contribution < 1.29 is 0 Å². The second kappa shape index (κ2) is 7.17. The highest BCUT2D eigenvalue weighted by Gasteiger charge is 2.69. The van der Waals surface area contributed by atoms with Crippen LogP contribution in [0.1, 0.15) is 56.4 Å². The Bertz CT molecular complexity index is 669. The van der Waals surface area contributed by atoms with Crippen molar-refractivity contribution in [3.05, 3.63) is 83.4 Å². The van der Waals surface area contributed by atoms with Crippen molar-refractivity contribution in [1.82, 2.24) is 0 Å². The van der Waals surface area contributed by atoms with Crippen molar-refractivity contribution in [3.8, 4) is 0 Å². The molecule has 0 radical (unpaired) electrons. The molecule has 24 heavy (non-hydrogen) atoms. The molecule has 0 aliphatic heterocycles. The Kier molecular flexibility index (Phi) is 5.43. The lowest BCUT2D eigenvalue weighted by molar-refractivity contribution is 0.647. The van der Waals surface area contributed by atoms with E-state index in [2.05, 4.69) is 72.9 Å². The smallest absolute Gasteiger partial charge is 0.0996 e. The van der Waals surface area contributed by atoms with E-state index in [1.165, 1.54) is 22.3 Å². The molecule has 2 aliphatic rings. The maximum Gasteiger partial charge on any atom is 0.0996 e. The summed E-state index contributed by atoms with van der Waals surface area (Å²) in [5.74, 6) is 0. The molecule has 1 heteroatoms. The first-order valence-electron chi connectivity index (χ1n) is 9.06. The summed E-state index contributed by atoms with van der Waals surface area (Å²) in [5, 5.41) is 0. The molecule has 1 saturated carbocycles. The van der Waals surface area contributed by atoms with Gasteiger partial charge in [0.1, 0.15) is 0 Å². The third-order valence-corrected chi connectivity index (χ3v) is 5.11. The van der Waals surface area contributed by atoms with Crippen molar-refractivity contribution in [3.63, 3.8) is 0 Å². The molecule has 0 amide bonds. The standard InChI is InChI=1S/C19H17N.2C2H6/c1-3-18-13-19(18,20-2)17-11-7-5-9-15(17)12-14-8-4-6-10-16(14)18;2*1-2/h3-11H,1-2,12-13H2;2*1-2H3. The summed E-state index contributed by atoms with van der Waals surface area (Å²) in [4.78, 5) is 4.58. The van der Waals surface area contributed by atoms with Gasteiger partial charge >= 0.3 is 0 Å². The average Bonchev–Trinajstić information content (AvgIpc) is 3.37. The van der Waals surface area contributed by atoms with Crippen LogP contribution in [-0.4, -0.2) is 6.72 Å². The molecule has 0 heterocycles. The number of benzene rings is 2. The zero-order valence-electron chi connectivity index (χ0n) is 15.5. The highest BCUT2D eigenvalue weighted by Crippen LogP contribution is 2.69. The van der Waals surface area contributed by atoms with Gasteiger partial charge in [0.2, 0.25) is 0 Å². The summed E-state index contributed by atoms with van der Waals surface area (Å²) in [5.41, 5.74) is 5.18. The Hall–Kier alpha value is -2.15. The summed E-state index contributed by atoms with van der Waals surface area (Å²) in [6.45, 7) is 16.0. The summed E-state index contributed by atoms with van der Waals surface area (Å²) in [7, 11) is 0. The van der Waals surface area contributed by atoms with Gasteiger partial charge in [0.25, 0.3) is 0 Å². The van der Waals surface area contributed by atoms with E-state index in [-0.39, 0.29) is 11.0 Å². The van der Waals surface area contributed by atoms with Gasteiger partial charge in [-0.05, 0) is 41.8 Å². The minimum atomic E-state index is -0.210. The van der Waals surface area contributed by atoms with E-state index in [1.54, 1.807) is 0 Å². The van der Waals surface area contributed by atoms with Crippen LogP contribution in [-0.2, 0) is 17.4 Å². The first-order chi connectivity index (χ1) is 11.8. The van der Waals surface area contributed by atoms with Crippen LogP contribution in [0, 0.1) is 0 Å². The van der Waals surface area contributed by atoms with Gasteiger partial charge in [-0.25, -0.2) is 0 Å². The lowest BCUT2D eigenvalue weighted by Gasteiger charge is -2.20. The number of hydrogen-bond donors (Lipinski definition) is 0. The fourth-order valence-corrected chi connectivity index (χ4v) is 4.04. The quantitative estimate of drug-likeness (QED) is 0.471. The first-order valence-corrected chi connectivity index (χ1v) is 9.06. The van der Waals surface area contributed by atoms with Gasteiger partial charge in [0.05, 0.1) is 5.54 Å². The van der Waals surface area contributed by atoms with Gasteiger partial charge in [-0.1, -0.05) is 82.3 Å². The molecule has 2 aliphatic carbocycles. The van der Waals surface area contributed by atoms with Gasteiger partial charge in [0, 0.05) is 5.41 Å². The Labute approximate surface area is 147 Å². The Morgan fingerprint density at radius 2 is 1.38 bits per heavy atom. The van der Waals surface area contributed by atoms with E-state index in [1.807, 2.05) is 27.7 Å². The summed E-state index contributed by atoms with van der Waals surface area (Å²) in [6.07, 6.45) is 4.04. The fraction of sp³-hybridized carbons (Fsp3) is 0.348. The topological polar surface area (TPSA) is 12.4 Å². The fourth-order valence-electron chi connectivity index (χ4n) is 4.04. The van der Waals surface area contributed by atoms with E-state index in [4.69, 9.17) is 0 Å². The first kappa shape index (κ1) is 18.2. The summed E-state index contributed by atoms with van der Waals surface area (Å²) < 4.78 is 0. The van der Waals surface area contributed by atoms with Crippen LogP contribution in [0.2, 0.25) is 0 Å². The molecule has 0 bridgehead atoms. The number of fused-ring (bicyclic) bond motifs is 5. The molecular weight excluding hydrogens is 290 g/mol. The van der Waals surface area contributed by atoms with E-state index in [9.17, 15) is 0 Å². The second-order valence-electron chi connectivity index (χ2n) is 5.86. The number of rotatable bonds is 2. The maximum atomic E-state index is 4.58. The third-order valence-electron chi connectivity index (χ3n) is 5.11. The number of hydrogen-bond acceptors (Lipinski definition) is 1. The van der Waals surface area contributed by atoms with Gasteiger partial charge in [-0.15, -0.1) is 6.58 Å². The van der Waals surface area contributed by atoms with Crippen LogP contribution in [0.5, 0.6) is 0 Å². The van der Waals surface area contributed by atoms with Gasteiger partial charge in [-0.2, -0.15) is 0 Å². The van der Waals surface area contributed by atoms with Crippen LogP contribution in [0.3, 0.4) is 0 Å². The van der Waals surface area contributed by atoms with Crippen LogP contribution in [0.4, 0.5) is 0 Å². The molecule has 1 nitrogen and oxygen atoms in total. The molecule has 0 N–H and O–H groups in total. The van der Waals surface area contributed by atoms with Crippen LogP contribution < -0.4 is 0 Å². The van der Waals surface area contributed by atoms with Gasteiger partial charge in [0.15, 0.2) is 0 Å². The highest BCUT2D eigenvalue weighted by atomic mass is 15.0. The zero-order chi connectivity index (χ0) is 17.8. The van der Waals surface area contributed by atoms with Crippen molar-refractivity contribution in [2.45, 2.75) is 51.5 Å². The minimum Gasteiger partial charge on any atom is -0.288 e. The molecule has 0 spiro atoms. The normalized spacial score (nSPS) is 25.0. The van der Waals surface area contributed by atoms with Gasteiger partial charge in [-0.3, -0.25) is 4.99 Å². The molecule has 2 atom stereocenters. The molecule has 2 unspecified atom stereocenters. The maximum absolute atomic E-state index is 4.58. The van der Waals surface area contributed by atoms with Crippen molar-refractivity contribution in [2.75, 3.05) is 0 Å². The zero-order valence-corrected chi connectivity index (χ0v) is 15.5. The SMILES string of the molecule is C=CC12CC1(N=C)c1ccccc1Cc1ccccc12.CC.CC. The average molecular weight is 319 g/mol. The van der Waals surface area contributed by atoms with E-state index in [0.29, 0.717) is 0 Å². The lowest BCUT2D eigenvalue weighted by Crippen LogP contribution is -2.18. The molecule has 0 aromatic heterocycles. The number of nitrogens with zero attached hydrogens (tertiary/aromatic N) is 1. The molecule has 126 valence electrons. The lowest BCUT2D eigenvalue weighted by atomic mass is 9.87. The van der Waals surface area contributed by atoms with Crippen molar-refractivity contribution in [2.24, 2.45) is 4.99 Å². The molecular formula is C23H29N. The minimum absolute atomic E-state index is 0.0715. The van der Waals surface area contributed by atoms with Crippen molar-refractivity contribution >= 4 is 6.72 Å². The molecule has 2 aromatic rings. The van der Waals surface area contributed by atoms with E-state index >= 15 is 0 Å². The highest BCUT2D eigenvalue weighted by molar-refractivity contribution is 5.62. The van der Waals surface area contributed by atoms with E-state index < -0.39 is 0 Å². The van der Waals surface area contributed by atoms with Crippen LogP contribution >= 0.6 is 0 Å². The monoisotopic (exact) mass is 319 g/mol. The van der Waals surface area contributed by atoms with Crippen molar-refractivity contribution in [1.29, 1.82) is 0 Å². The largest absolute Gasteiger partial charge is 0.288 e. The molecule has 1 fully saturated rings. The van der Waals surface area contributed by atoms with E-state index in [0.717, 1.165) is 12.8 Å². The summed E-state index contributed by atoms with van der Waals surface area (Å²) >= 11 is 0. The Morgan fingerprint density at radius 1 is 0.875 bits per heavy atom. The molecule has 4 rings (SSSR count). The summed E-state index contributed by atoms with van der Waals surface area (Å²) in [6, 6.07) is 17.3. The number of aliphatic imine (C=N–C) groups is 1.